The molecule has 2 heterocycles. The van der Waals surface area contributed by atoms with E-state index < -0.39 is 47.2 Å². The monoisotopic (exact) mass is 262 g/mol. The van der Waals surface area contributed by atoms with Gasteiger partial charge in [0.25, 0.3) is 0 Å². The standard InChI is InChI=1S/C10H14O6S/c1-5(11)14-9-7-3-17(13)4-8(16-7)10(9)15-6(2)12/h7-10H,3-4H2,1-2H3/t7-,8+,9-,10-,17?/m1/s1. The van der Waals surface area contributed by atoms with Crippen molar-refractivity contribution in [1.82, 2.24) is 0 Å². The van der Waals surface area contributed by atoms with Gasteiger partial charge in [-0.1, -0.05) is 0 Å². The minimum Gasteiger partial charge on any atom is -0.456 e. The van der Waals surface area contributed by atoms with Crippen LogP contribution >= 0.6 is 0 Å². The van der Waals surface area contributed by atoms with Crippen LogP contribution in [0.25, 0.3) is 0 Å². The fourth-order valence-corrected chi connectivity index (χ4v) is 3.58. The van der Waals surface area contributed by atoms with Crippen LogP contribution in [0.5, 0.6) is 0 Å². The first-order chi connectivity index (χ1) is 7.97. The van der Waals surface area contributed by atoms with E-state index in [0.29, 0.717) is 11.5 Å². The van der Waals surface area contributed by atoms with E-state index in [1.54, 1.807) is 0 Å². The summed E-state index contributed by atoms with van der Waals surface area (Å²) in [6, 6.07) is 0. The Hall–Kier alpha value is -0.950. The normalized spacial score (nSPS) is 39.8. The van der Waals surface area contributed by atoms with Crippen molar-refractivity contribution in [2.75, 3.05) is 11.5 Å². The molecular formula is C10H14O6S. The van der Waals surface area contributed by atoms with Crippen molar-refractivity contribution in [3.63, 3.8) is 0 Å². The number of fused-ring (bicyclic) bond motifs is 2. The molecule has 1 unspecified atom stereocenters. The number of ether oxygens (including phenoxy) is 3. The second-order valence-corrected chi connectivity index (χ2v) is 5.68. The SMILES string of the molecule is CC(=O)O[C@H]1[C@H](OC(C)=O)[C@H]2CS(=O)C[C@@H]1O2. The van der Waals surface area contributed by atoms with Gasteiger partial charge >= 0.3 is 11.9 Å². The molecule has 0 aromatic carbocycles. The van der Waals surface area contributed by atoms with Crippen LogP contribution in [0.1, 0.15) is 13.8 Å². The second-order valence-electron chi connectivity index (χ2n) is 4.13. The summed E-state index contributed by atoms with van der Waals surface area (Å²) in [4.78, 5) is 22.0. The first kappa shape index (κ1) is 12.5. The molecule has 0 aliphatic carbocycles. The highest BCUT2D eigenvalue weighted by Gasteiger charge is 2.52. The molecule has 0 radical (unpaired) electrons. The number of carbonyl (C=O) groups is 2. The molecule has 2 aliphatic heterocycles. The lowest BCUT2D eigenvalue weighted by molar-refractivity contribution is -0.163. The number of rotatable bonds is 2. The second kappa shape index (κ2) is 4.73. The van der Waals surface area contributed by atoms with E-state index >= 15 is 0 Å². The van der Waals surface area contributed by atoms with Crippen molar-refractivity contribution < 1.29 is 28.0 Å². The quantitative estimate of drug-likeness (QED) is 0.617. The number of hydrogen-bond acceptors (Lipinski definition) is 6. The van der Waals surface area contributed by atoms with Gasteiger partial charge in [0.15, 0.2) is 12.2 Å². The maximum absolute atomic E-state index is 11.5. The third kappa shape index (κ3) is 2.66. The lowest BCUT2D eigenvalue weighted by Gasteiger charge is -2.20. The van der Waals surface area contributed by atoms with Crippen LogP contribution in [-0.4, -0.2) is 52.1 Å². The molecule has 96 valence electrons. The zero-order valence-corrected chi connectivity index (χ0v) is 10.4. The Balaban J connectivity index is 2.16. The molecule has 5 atom stereocenters. The average molecular weight is 262 g/mol. The molecular weight excluding hydrogens is 248 g/mol. The number of hydrogen-bond donors (Lipinski definition) is 0. The van der Waals surface area contributed by atoms with Gasteiger partial charge in [0, 0.05) is 24.6 Å². The Morgan fingerprint density at radius 3 is 1.82 bits per heavy atom. The van der Waals surface area contributed by atoms with Gasteiger partial charge in [0.2, 0.25) is 0 Å². The molecule has 7 heteroatoms. The van der Waals surface area contributed by atoms with Crippen molar-refractivity contribution >= 4 is 22.7 Å². The minimum atomic E-state index is -1.02. The van der Waals surface area contributed by atoms with E-state index in [9.17, 15) is 13.8 Å². The molecule has 2 fully saturated rings. The van der Waals surface area contributed by atoms with Crippen molar-refractivity contribution in [3.05, 3.63) is 0 Å². The van der Waals surface area contributed by atoms with Crippen molar-refractivity contribution in [3.8, 4) is 0 Å². The summed E-state index contributed by atoms with van der Waals surface area (Å²) in [7, 11) is -1.02. The molecule has 17 heavy (non-hydrogen) atoms. The number of esters is 2. The lowest BCUT2D eigenvalue weighted by atomic mass is 10.1. The van der Waals surface area contributed by atoms with Gasteiger partial charge in [-0.05, 0) is 0 Å². The van der Waals surface area contributed by atoms with Crippen LogP contribution in [0.3, 0.4) is 0 Å². The number of carbonyl (C=O) groups excluding carboxylic acids is 2. The van der Waals surface area contributed by atoms with E-state index in [1.807, 2.05) is 0 Å². The maximum atomic E-state index is 11.5. The summed E-state index contributed by atoms with van der Waals surface area (Å²) in [5.41, 5.74) is 0. The molecule has 0 aromatic rings. The molecule has 0 amide bonds. The first-order valence-corrected chi connectivity index (χ1v) is 6.81. The fourth-order valence-electron chi connectivity index (χ4n) is 2.17. The van der Waals surface area contributed by atoms with Crippen LogP contribution in [-0.2, 0) is 34.6 Å². The average Bonchev–Trinajstić information content (AvgIpc) is 2.41. The smallest absolute Gasteiger partial charge is 0.303 e. The van der Waals surface area contributed by atoms with Crippen molar-refractivity contribution in [1.29, 1.82) is 0 Å². The Bertz CT molecular complexity index is 336. The summed E-state index contributed by atoms with van der Waals surface area (Å²) >= 11 is 0. The highest BCUT2D eigenvalue weighted by atomic mass is 32.2. The molecule has 2 aliphatic rings. The van der Waals surface area contributed by atoms with Gasteiger partial charge < -0.3 is 14.2 Å². The molecule has 0 N–H and O–H groups in total. The minimum absolute atomic E-state index is 0.312. The molecule has 2 bridgehead atoms. The fraction of sp³-hybridized carbons (Fsp3) is 0.800. The molecule has 0 saturated carbocycles. The molecule has 2 rings (SSSR count). The Morgan fingerprint density at radius 2 is 1.47 bits per heavy atom. The van der Waals surface area contributed by atoms with Gasteiger partial charge in [0.05, 0.1) is 11.5 Å². The van der Waals surface area contributed by atoms with E-state index in [2.05, 4.69) is 0 Å². The molecule has 6 nitrogen and oxygen atoms in total. The largest absolute Gasteiger partial charge is 0.456 e. The van der Waals surface area contributed by atoms with Crippen LogP contribution in [0.4, 0.5) is 0 Å². The third-order valence-corrected chi connectivity index (χ3v) is 4.11. The van der Waals surface area contributed by atoms with E-state index in [1.165, 1.54) is 13.8 Å². The van der Waals surface area contributed by atoms with Crippen LogP contribution in [0, 0.1) is 0 Å². The van der Waals surface area contributed by atoms with E-state index in [-0.39, 0.29) is 0 Å². The van der Waals surface area contributed by atoms with Crippen molar-refractivity contribution in [2.45, 2.75) is 38.3 Å². The molecule has 2 saturated heterocycles. The maximum Gasteiger partial charge on any atom is 0.303 e. The zero-order chi connectivity index (χ0) is 12.6. The van der Waals surface area contributed by atoms with Gasteiger partial charge in [-0.2, -0.15) is 0 Å². The Kier molecular flexibility index (Phi) is 3.48. The summed E-state index contributed by atoms with van der Waals surface area (Å²) in [5.74, 6) is -0.304. The highest BCUT2D eigenvalue weighted by Crippen LogP contribution is 2.31. The van der Waals surface area contributed by atoms with E-state index in [4.69, 9.17) is 14.2 Å². The van der Waals surface area contributed by atoms with Crippen LogP contribution in [0.2, 0.25) is 0 Å². The van der Waals surface area contributed by atoms with Gasteiger partial charge in [-0.3, -0.25) is 13.8 Å². The predicted molar refractivity (Wildman–Crippen MR) is 57.6 cm³/mol. The Morgan fingerprint density at radius 1 is 1.06 bits per heavy atom. The van der Waals surface area contributed by atoms with Gasteiger partial charge in [0.1, 0.15) is 12.2 Å². The summed E-state index contributed by atoms with van der Waals surface area (Å²) in [6.45, 7) is 2.56. The van der Waals surface area contributed by atoms with Gasteiger partial charge in [-0.15, -0.1) is 0 Å². The molecule has 0 spiro atoms. The Labute approximate surface area is 101 Å². The lowest BCUT2D eigenvalue weighted by Crippen LogP contribution is -2.39. The third-order valence-electron chi connectivity index (χ3n) is 2.71. The van der Waals surface area contributed by atoms with Gasteiger partial charge in [-0.25, -0.2) is 0 Å². The zero-order valence-electron chi connectivity index (χ0n) is 9.58. The summed E-state index contributed by atoms with van der Waals surface area (Å²) < 4.78 is 27.3. The van der Waals surface area contributed by atoms with E-state index in [0.717, 1.165) is 0 Å². The summed E-state index contributed by atoms with van der Waals surface area (Å²) in [6.07, 6.45) is -2.17. The first-order valence-electron chi connectivity index (χ1n) is 5.32. The predicted octanol–water partition coefficient (Wildman–Crippen LogP) is -0.620. The summed E-state index contributed by atoms with van der Waals surface area (Å²) in [5, 5.41) is 0. The van der Waals surface area contributed by atoms with Crippen LogP contribution in [0.15, 0.2) is 0 Å². The van der Waals surface area contributed by atoms with Crippen LogP contribution < -0.4 is 0 Å². The van der Waals surface area contributed by atoms with Crippen molar-refractivity contribution in [2.24, 2.45) is 0 Å². The topological polar surface area (TPSA) is 78.9 Å². The molecule has 0 aromatic heterocycles. The highest BCUT2D eigenvalue weighted by molar-refractivity contribution is 7.85.